The summed E-state index contributed by atoms with van der Waals surface area (Å²) in [5, 5.41) is 4.49. The largest absolute Gasteiger partial charge is 0.396 e. The Bertz CT molecular complexity index is 728. The van der Waals surface area contributed by atoms with Gasteiger partial charge in [-0.05, 0) is 31.0 Å². The second kappa shape index (κ2) is 3.84. The van der Waals surface area contributed by atoms with Crippen molar-refractivity contribution in [2.45, 2.75) is 13.8 Å². The van der Waals surface area contributed by atoms with Crippen LogP contribution < -0.4 is 5.73 Å². The summed E-state index contributed by atoms with van der Waals surface area (Å²) in [6.07, 6.45) is 1.93. The molecule has 0 aliphatic rings. The van der Waals surface area contributed by atoms with Crippen molar-refractivity contribution < 1.29 is 0 Å². The first-order valence-electron chi connectivity index (χ1n) is 5.83. The van der Waals surface area contributed by atoms with Gasteiger partial charge in [0.05, 0.1) is 5.69 Å². The Morgan fingerprint density at radius 2 is 1.94 bits per heavy atom. The Morgan fingerprint density at radius 3 is 2.72 bits per heavy atom. The smallest absolute Gasteiger partial charge is 0.182 e. The van der Waals surface area contributed by atoms with Crippen LogP contribution in [0.5, 0.6) is 0 Å². The quantitative estimate of drug-likeness (QED) is 0.709. The Balaban J connectivity index is 2.26. The predicted octanol–water partition coefficient (Wildman–Crippen LogP) is 2.60. The van der Waals surface area contributed by atoms with Gasteiger partial charge in [-0.15, -0.1) is 5.10 Å². The monoisotopic (exact) mass is 238 g/mol. The standard InChI is InChI=1S/C14H14N4/c1-9-7-12(15)14-16-13(17-18(14)8-9)11-6-4-3-5-10(11)2/h3-8H,15H2,1-2H3. The third-order valence-corrected chi connectivity index (χ3v) is 2.98. The topological polar surface area (TPSA) is 56.2 Å². The first-order chi connectivity index (χ1) is 8.65. The van der Waals surface area contributed by atoms with E-state index in [9.17, 15) is 0 Å². The SMILES string of the molecule is Cc1cc(N)c2nc(-c3ccccc3C)nn2c1. The minimum atomic E-state index is 0.655. The van der Waals surface area contributed by atoms with Crippen LogP contribution in [0.1, 0.15) is 11.1 Å². The molecule has 0 aliphatic heterocycles. The second-order valence-electron chi connectivity index (χ2n) is 4.49. The summed E-state index contributed by atoms with van der Waals surface area (Å²) in [5.74, 6) is 0.713. The molecule has 0 atom stereocenters. The van der Waals surface area contributed by atoms with E-state index < -0.39 is 0 Å². The molecule has 2 N–H and O–H groups in total. The minimum Gasteiger partial charge on any atom is -0.396 e. The van der Waals surface area contributed by atoms with Crippen molar-refractivity contribution in [3.63, 3.8) is 0 Å². The maximum absolute atomic E-state index is 5.96. The molecule has 0 saturated carbocycles. The lowest BCUT2D eigenvalue weighted by Gasteiger charge is -1.98. The summed E-state index contributed by atoms with van der Waals surface area (Å²) >= 11 is 0. The lowest BCUT2D eigenvalue weighted by molar-refractivity contribution is 0.957. The Hall–Kier alpha value is -2.36. The van der Waals surface area contributed by atoms with Gasteiger partial charge >= 0.3 is 0 Å². The number of pyridine rings is 1. The fourth-order valence-corrected chi connectivity index (χ4v) is 2.09. The molecule has 18 heavy (non-hydrogen) atoms. The van der Waals surface area contributed by atoms with Crippen LogP contribution in [0.4, 0.5) is 5.69 Å². The Labute approximate surface area is 105 Å². The number of fused-ring (bicyclic) bond motifs is 1. The molecular formula is C14H14N4. The van der Waals surface area contributed by atoms with Crippen molar-refractivity contribution >= 4 is 11.3 Å². The molecule has 4 nitrogen and oxygen atoms in total. The maximum Gasteiger partial charge on any atom is 0.182 e. The zero-order valence-electron chi connectivity index (χ0n) is 10.4. The van der Waals surface area contributed by atoms with Gasteiger partial charge in [-0.25, -0.2) is 9.50 Å². The first kappa shape index (κ1) is 10.8. The van der Waals surface area contributed by atoms with E-state index in [2.05, 4.69) is 23.1 Å². The number of hydrogen-bond acceptors (Lipinski definition) is 3. The second-order valence-corrected chi connectivity index (χ2v) is 4.49. The summed E-state index contributed by atoms with van der Waals surface area (Å²) in [4.78, 5) is 4.51. The van der Waals surface area contributed by atoms with E-state index in [0.717, 1.165) is 16.7 Å². The fraction of sp³-hybridized carbons (Fsp3) is 0.143. The van der Waals surface area contributed by atoms with E-state index in [0.29, 0.717) is 17.2 Å². The number of anilines is 1. The summed E-state index contributed by atoms with van der Waals surface area (Å²) in [5.41, 5.74) is 10.6. The highest BCUT2D eigenvalue weighted by Gasteiger charge is 2.10. The molecule has 1 aromatic carbocycles. The maximum atomic E-state index is 5.96. The van der Waals surface area contributed by atoms with Gasteiger partial charge in [-0.1, -0.05) is 24.3 Å². The van der Waals surface area contributed by atoms with Gasteiger partial charge in [0.1, 0.15) is 0 Å². The molecule has 4 heteroatoms. The Kier molecular flexibility index (Phi) is 2.30. The normalized spacial score (nSPS) is 11.0. The van der Waals surface area contributed by atoms with E-state index in [-0.39, 0.29) is 0 Å². The fourth-order valence-electron chi connectivity index (χ4n) is 2.09. The van der Waals surface area contributed by atoms with E-state index in [1.165, 1.54) is 0 Å². The predicted molar refractivity (Wildman–Crippen MR) is 72.3 cm³/mol. The van der Waals surface area contributed by atoms with Crippen LogP contribution in [0, 0.1) is 13.8 Å². The molecule has 0 radical (unpaired) electrons. The van der Waals surface area contributed by atoms with E-state index in [4.69, 9.17) is 5.73 Å². The summed E-state index contributed by atoms with van der Waals surface area (Å²) < 4.78 is 1.74. The van der Waals surface area contributed by atoms with Crippen molar-refractivity contribution in [3.8, 4) is 11.4 Å². The molecule has 0 saturated heterocycles. The number of aromatic nitrogens is 3. The van der Waals surface area contributed by atoms with E-state index in [1.54, 1.807) is 4.52 Å². The van der Waals surface area contributed by atoms with Crippen LogP contribution in [0.2, 0.25) is 0 Å². The van der Waals surface area contributed by atoms with Crippen molar-refractivity contribution in [2.24, 2.45) is 0 Å². The van der Waals surface area contributed by atoms with Crippen LogP contribution in [0.25, 0.3) is 17.0 Å². The lowest BCUT2D eigenvalue weighted by atomic mass is 10.1. The van der Waals surface area contributed by atoms with Crippen molar-refractivity contribution in [3.05, 3.63) is 47.7 Å². The molecule has 2 aromatic heterocycles. The average Bonchev–Trinajstić information content (AvgIpc) is 2.73. The molecule has 90 valence electrons. The highest BCUT2D eigenvalue weighted by molar-refractivity contribution is 5.69. The number of benzene rings is 1. The van der Waals surface area contributed by atoms with Crippen LogP contribution in [-0.2, 0) is 0 Å². The minimum absolute atomic E-state index is 0.655. The highest BCUT2D eigenvalue weighted by atomic mass is 15.3. The Morgan fingerprint density at radius 1 is 1.17 bits per heavy atom. The van der Waals surface area contributed by atoms with Gasteiger partial charge in [0, 0.05) is 11.8 Å². The molecule has 0 aliphatic carbocycles. The van der Waals surface area contributed by atoms with Gasteiger partial charge < -0.3 is 5.73 Å². The zero-order chi connectivity index (χ0) is 12.7. The van der Waals surface area contributed by atoms with Crippen molar-refractivity contribution in [1.29, 1.82) is 0 Å². The summed E-state index contributed by atoms with van der Waals surface area (Å²) in [7, 11) is 0. The van der Waals surface area contributed by atoms with Crippen molar-refractivity contribution in [2.75, 3.05) is 5.73 Å². The number of nitrogens with two attached hydrogens (primary N) is 1. The molecule has 0 spiro atoms. The molecule has 2 heterocycles. The molecular weight excluding hydrogens is 224 g/mol. The average molecular weight is 238 g/mol. The van der Waals surface area contributed by atoms with Crippen LogP contribution >= 0.6 is 0 Å². The molecule has 0 bridgehead atoms. The molecule has 3 rings (SSSR count). The van der Waals surface area contributed by atoms with Crippen LogP contribution in [-0.4, -0.2) is 14.6 Å². The zero-order valence-corrected chi connectivity index (χ0v) is 10.4. The third kappa shape index (κ3) is 1.62. The van der Waals surface area contributed by atoms with Gasteiger partial charge in [0.25, 0.3) is 0 Å². The highest BCUT2D eigenvalue weighted by Crippen LogP contribution is 2.22. The number of rotatable bonds is 1. The molecule has 3 aromatic rings. The van der Waals surface area contributed by atoms with Crippen molar-refractivity contribution in [1.82, 2.24) is 14.6 Å². The number of nitrogen functional groups attached to an aromatic ring is 1. The number of aryl methyl sites for hydroxylation is 2. The van der Waals surface area contributed by atoms with Crippen LogP contribution in [0.3, 0.4) is 0 Å². The third-order valence-electron chi connectivity index (χ3n) is 2.98. The molecule has 0 amide bonds. The number of nitrogens with zero attached hydrogens (tertiary/aromatic N) is 3. The number of hydrogen-bond donors (Lipinski definition) is 1. The van der Waals surface area contributed by atoms with Gasteiger partial charge in [-0.2, -0.15) is 0 Å². The molecule has 0 fully saturated rings. The van der Waals surface area contributed by atoms with E-state index >= 15 is 0 Å². The molecule has 0 unspecified atom stereocenters. The lowest BCUT2D eigenvalue weighted by Crippen LogP contribution is -1.94. The van der Waals surface area contributed by atoms with E-state index in [1.807, 2.05) is 37.4 Å². The first-order valence-corrected chi connectivity index (χ1v) is 5.83. The van der Waals surface area contributed by atoms with Crippen LogP contribution in [0.15, 0.2) is 36.5 Å². The summed E-state index contributed by atoms with van der Waals surface area (Å²) in [6.45, 7) is 4.04. The summed E-state index contributed by atoms with van der Waals surface area (Å²) in [6, 6.07) is 9.98. The van der Waals surface area contributed by atoms with Gasteiger partial charge in [0.2, 0.25) is 0 Å². The van der Waals surface area contributed by atoms with Gasteiger partial charge in [0.15, 0.2) is 11.5 Å². The van der Waals surface area contributed by atoms with Gasteiger partial charge in [-0.3, -0.25) is 0 Å².